The van der Waals surface area contributed by atoms with E-state index in [2.05, 4.69) is 16.3 Å². The van der Waals surface area contributed by atoms with Gasteiger partial charge in [-0.15, -0.1) is 0 Å². The van der Waals surface area contributed by atoms with Crippen LogP contribution in [0.3, 0.4) is 0 Å². The molecule has 0 radical (unpaired) electrons. The summed E-state index contributed by atoms with van der Waals surface area (Å²) in [6.45, 7) is 5.99. The molecule has 166 valence electrons. The van der Waals surface area contributed by atoms with Gasteiger partial charge < -0.3 is 15.0 Å². The summed E-state index contributed by atoms with van der Waals surface area (Å²) in [5.74, 6) is 1.30. The number of rotatable bonds is 7. The van der Waals surface area contributed by atoms with Gasteiger partial charge in [-0.25, -0.2) is 4.79 Å². The summed E-state index contributed by atoms with van der Waals surface area (Å²) < 4.78 is 6.12. The van der Waals surface area contributed by atoms with Crippen LogP contribution in [0, 0.1) is 12.8 Å². The number of nitrogens with zero attached hydrogens (tertiary/aromatic N) is 2. The van der Waals surface area contributed by atoms with Crippen molar-refractivity contribution in [2.24, 2.45) is 5.92 Å². The Morgan fingerprint density at radius 3 is 2.68 bits per heavy atom. The molecule has 6 heteroatoms. The molecule has 0 unspecified atom stereocenters. The van der Waals surface area contributed by atoms with Gasteiger partial charge in [-0.05, 0) is 87.0 Å². The van der Waals surface area contributed by atoms with Crippen molar-refractivity contribution in [2.45, 2.75) is 45.3 Å². The van der Waals surface area contributed by atoms with Crippen LogP contribution >= 0.6 is 11.6 Å². The van der Waals surface area contributed by atoms with Crippen LogP contribution in [0.15, 0.2) is 42.5 Å². The maximum Gasteiger partial charge on any atom is 0.321 e. The van der Waals surface area contributed by atoms with E-state index in [-0.39, 0.29) is 12.1 Å². The summed E-state index contributed by atoms with van der Waals surface area (Å²) in [5.41, 5.74) is 3.13. The number of hydrogen-bond acceptors (Lipinski definition) is 3. The van der Waals surface area contributed by atoms with Gasteiger partial charge in [0.25, 0.3) is 0 Å². The minimum atomic E-state index is -0.0738. The number of likely N-dealkylation sites (tertiary alicyclic amines) is 1. The molecule has 0 aromatic heterocycles. The van der Waals surface area contributed by atoms with E-state index in [4.69, 9.17) is 16.3 Å². The number of hydrogen-bond donors (Lipinski definition) is 1. The van der Waals surface area contributed by atoms with Gasteiger partial charge in [-0.3, -0.25) is 4.90 Å². The van der Waals surface area contributed by atoms with E-state index in [0.717, 1.165) is 61.0 Å². The molecule has 0 spiro atoms. The number of amides is 2. The summed E-state index contributed by atoms with van der Waals surface area (Å²) >= 11 is 6.50. The molecule has 1 aliphatic carbocycles. The Morgan fingerprint density at radius 2 is 1.97 bits per heavy atom. The summed E-state index contributed by atoms with van der Waals surface area (Å²) in [7, 11) is 1.85. The van der Waals surface area contributed by atoms with E-state index >= 15 is 0 Å². The largest absolute Gasteiger partial charge is 0.490 e. The lowest BCUT2D eigenvalue weighted by molar-refractivity contribution is 0.0532. The molecule has 2 aromatic carbocycles. The standard InChI is InChI=1S/C25H32ClN3O2/c1-18-6-5-7-21(12-18)27-25(30)28(2)16-19-13-23(14-19)31-22-9-8-20(24(26)15-22)17-29-10-3-4-11-29/h5-9,12,15,19,23H,3-4,10-11,13-14,16-17H2,1-2H3,(H,27,30). The Balaban J connectivity index is 1.20. The molecule has 4 rings (SSSR count). The average Bonchev–Trinajstić information content (AvgIpc) is 3.21. The topological polar surface area (TPSA) is 44.8 Å². The molecule has 1 heterocycles. The summed E-state index contributed by atoms with van der Waals surface area (Å²) in [6.07, 6.45) is 4.66. The quantitative estimate of drug-likeness (QED) is 0.611. The first-order chi connectivity index (χ1) is 15.0. The van der Waals surface area contributed by atoms with Crippen molar-refractivity contribution in [2.75, 3.05) is 32.0 Å². The zero-order chi connectivity index (χ0) is 21.8. The Morgan fingerprint density at radius 1 is 1.19 bits per heavy atom. The van der Waals surface area contributed by atoms with Gasteiger partial charge in [0.15, 0.2) is 0 Å². The predicted octanol–water partition coefficient (Wildman–Crippen LogP) is 5.57. The van der Waals surface area contributed by atoms with Crippen molar-refractivity contribution in [3.63, 3.8) is 0 Å². The lowest BCUT2D eigenvalue weighted by Gasteiger charge is -2.37. The van der Waals surface area contributed by atoms with Crippen LogP contribution in [0.4, 0.5) is 10.5 Å². The number of nitrogens with one attached hydrogen (secondary N) is 1. The van der Waals surface area contributed by atoms with Crippen molar-refractivity contribution >= 4 is 23.3 Å². The fourth-order valence-electron chi connectivity index (χ4n) is 4.44. The number of anilines is 1. The van der Waals surface area contributed by atoms with Gasteiger partial charge in [0.2, 0.25) is 0 Å². The molecule has 2 aliphatic rings. The van der Waals surface area contributed by atoms with Crippen LogP contribution in [0.5, 0.6) is 5.75 Å². The molecular formula is C25H32ClN3O2. The van der Waals surface area contributed by atoms with E-state index in [0.29, 0.717) is 5.92 Å². The maximum atomic E-state index is 12.4. The number of ether oxygens (including phenoxy) is 1. The van der Waals surface area contributed by atoms with Crippen LogP contribution in [-0.2, 0) is 6.54 Å². The Kier molecular flexibility index (Phi) is 7.03. The second-order valence-electron chi connectivity index (χ2n) is 8.99. The molecule has 0 bridgehead atoms. The number of carbonyl (C=O) groups excluding carboxylic acids is 1. The third-order valence-corrected chi connectivity index (χ3v) is 6.61. The lowest BCUT2D eigenvalue weighted by Crippen LogP contribution is -2.43. The maximum absolute atomic E-state index is 12.4. The predicted molar refractivity (Wildman–Crippen MR) is 126 cm³/mol. The summed E-state index contributed by atoms with van der Waals surface area (Å²) in [5, 5.41) is 3.75. The van der Waals surface area contributed by atoms with Crippen molar-refractivity contribution in [3.05, 3.63) is 58.6 Å². The average molecular weight is 442 g/mol. The van der Waals surface area contributed by atoms with Gasteiger partial charge in [0, 0.05) is 30.8 Å². The Bertz CT molecular complexity index is 907. The second-order valence-corrected chi connectivity index (χ2v) is 9.40. The van der Waals surface area contributed by atoms with Crippen LogP contribution in [0.1, 0.15) is 36.8 Å². The SMILES string of the molecule is Cc1cccc(NC(=O)N(C)CC2CC(Oc3ccc(CN4CCCC4)c(Cl)c3)C2)c1. The number of aryl methyl sites for hydroxylation is 1. The van der Waals surface area contributed by atoms with Gasteiger partial charge in [0.05, 0.1) is 6.10 Å². The number of urea groups is 1. The molecule has 2 aromatic rings. The van der Waals surface area contributed by atoms with E-state index in [1.165, 1.54) is 18.4 Å². The van der Waals surface area contributed by atoms with Crippen molar-refractivity contribution < 1.29 is 9.53 Å². The van der Waals surface area contributed by atoms with Gasteiger partial charge in [0.1, 0.15) is 5.75 Å². The normalized spacial score (nSPS) is 20.9. The minimum absolute atomic E-state index is 0.0738. The van der Waals surface area contributed by atoms with Crippen molar-refractivity contribution in [3.8, 4) is 5.75 Å². The highest BCUT2D eigenvalue weighted by Crippen LogP contribution is 2.33. The first kappa shape index (κ1) is 22.0. The van der Waals surface area contributed by atoms with Crippen LogP contribution in [0.25, 0.3) is 0 Å². The van der Waals surface area contributed by atoms with Crippen LogP contribution in [-0.4, -0.2) is 48.6 Å². The van der Waals surface area contributed by atoms with E-state index in [9.17, 15) is 4.79 Å². The zero-order valence-electron chi connectivity index (χ0n) is 18.4. The molecule has 1 saturated heterocycles. The molecule has 1 saturated carbocycles. The third kappa shape index (κ3) is 5.92. The first-order valence-corrected chi connectivity index (χ1v) is 11.6. The van der Waals surface area contributed by atoms with Gasteiger partial charge >= 0.3 is 6.03 Å². The van der Waals surface area contributed by atoms with E-state index in [1.54, 1.807) is 4.90 Å². The summed E-state index contributed by atoms with van der Waals surface area (Å²) in [6, 6.07) is 13.8. The molecule has 2 amide bonds. The van der Waals surface area contributed by atoms with E-state index < -0.39 is 0 Å². The minimum Gasteiger partial charge on any atom is -0.490 e. The van der Waals surface area contributed by atoms with Gasteiger partial charge in [-0.2, -0.15) is 0 Å². The van der Waals surface area contributed by atoms with Crippen molar-refractivity contribution in [1.29, 1.82) is 0 Å². The lowest BCUT2D eigenvalue weighted by atomic mass is 9.82. The first-order valence-electron chi connectivity index (χ1n) is 11.2. The van der Waals surface area contributed by atoms with Crippen molar-refractivity contribution in [1.82, 2.24) is 9.80 Å². The molecule has 1 aliphatic heterocycles. The van der Waals surface area contributed by atoms with E-state index in [1.807, 2.05) is 50.4 Å². The number of carbonyl (C=O) groups is 1. The highest BCUT2D eigenvalue weighted by atomic mass is 35.5. The fraction of sp³-hybridized carbons (Fsp3) is 0.480. The molecule has 0 atom stereocenters. The molecule has 1 N–H and O–H groups in total. The second kappa shape index (κ2) is 9.92. The fourth-order valence-corrected chi connectivity index (χ4v) is 4.67. The number of benzene rings is 2. The smallest absolute Gasteiger partial charge is 0.321 e. The zero-order valence-corrected chi connectivity index (χ0v) is 19.2. The molecule has 5 nitrogen and oxygen atoms in total. The monoisotopic (exact) mass is 441 g/mol. The summed E-state index contributed by atoms with van der Waals surface area (Å²) in [4.78, 5) is 16.6. The molecular weight excluding hydrogens is 410 g/mol. The van der Waals surface area contributed by atoms with Crippen LogP contribution < -0.4 is 10.1 Å². The molecule has 2 fully saturated rings. The highest BCUT2D eigenvalue weighted by molar-refractivity contribution is 6.31. The molecule has 31 heavy (non-hydrogen) atoms. The Hall–Kier alpha value is -2.24. The Labute approximate surface area is 190 Å². The third-order valence-electron chi connectivity index (χ3n) is 6.26. The highest BCUT2D eigenvalue weighted by Gasteiger charge is 2.32. The van der Waals surface area contributed by atoms with Gasteiger partial charge in [-0.1, -0.05) is 29.8 Å². The number of halogens is 1. The van der Waals surface area contributed by atoms with Crippen LogP contribution in [0.2, 0.25) is 5.02 Å².